The van der Waals surface area contributed by atoms with Gasteiger partial charge >= 0.3 is 0 Å². The van der Waals surface area contributed by atoms with Gasteiger partial charge in [-0.15, -0.1) is 10.2 Å². The molecule has 0 aliphatic carbocycles. The summed E-state index contributed by atoms with van der Waals surface area (Å²) >= 11 is 1.56. The van der Waals surface area contributed by atoms with Crippen LogP contribution in [0.3, 0.4) is 0 Å². The molecule has 0 bridgehead atoms. The van der Waals surface area contributed by atoms with Crippen LogP contribution in [0.25, 0.3) is 10.9 Å². The average Bonchev–Trinajstić information content (AvgIpc) is 3.15. The Morgan fingerprint density at radius 1 is 1.07 bits per heavy atom. The largest absolute Gasteiger partial charge is 0.486 e. The molecule has 2 aromatic heterocycles. The molecule has 30 heavy (non-hydrogen) atoms. The predicted octanol–water partition coefficient (Wildman–Crippen LogP) is 4.63. The van der Waals surface area contributed by atoms with Gasteiger partial charge in [0.25, 0.3) is 0 Å². The molecule has 0 spiro atoms. The quantitative estimate of drug-likeness (QED) is 0.442. The number of aryl methyl sites for hydroxylation is 2. The lowest BCUT2D eigenvalue weighted by Crippen LogP contribution is -2.08. The third-order valence-electron chi connectivity index (χ3n) is 5.04. The minimum atomic E-state index is 0.0504. The maximum atomic E-state index is 12.7. The van der Waals surface area contributed by atoms with Crippen molar-refractivity contribution in [3.63, 3.8) is 0 Å². The van der Waals surface area contributed by atoms with Gasteiger partial charge in [0.1, 0.15) is 12.4 Å². The molecule has 7 heteroatoms. The number of hydrogen-bond acceptors (Lipinski definition) is 5. The van der Waals surface area contributed by atoms with E-state index < -0.39 is 0 Å². The Bertz CT molecular complexity index is 1230. The number of benzene rings is 2. The van der Waals surface area contributed by atoms with Gasteiger partial charge in [-0.25, -0.2) is 0 Å². The molecule has 2 heterocycles. The molecule has 0 radical (unpaired) electrons. The van der Waals surface area contributed by atoms with Crippen molar-refractivity contribution in [1.29, 1.82) is 0 Å². The highest BCUT2D eigenvalue weighted by atomic mass is 32.2. The Hall–Kier alpha value is -3.06. The first kappa shape index (κ1) is 20.2. The lowest BCUT2D eigenvalue weighted by molar-refractivity contribution is 0.288. The first-order valence-corrected chi connectivity index (χ1v) is 10.9. The Labute approximate surface area is 179 Å². The lowest BCUT2D eigenvalue weighted by atomic mass is 10.0. The number of nitrogens with zero attached hydrogens (tertiary/aromatic N) is 3. The molecular weight excluding hydrogens is 396 g/mol. The number of thioether (sulfide) groups is 1. The second-order valence-electron chi connectivity index (χ2n) is 7.14. The highest BCUT2D eigenvalue weighted by molar-refractivity contribution is 7.98. The summed E-state index contributed by atoms with van der Waals surface area (Å²) in [4.78, 5) is 16.1. The highest BCUT2D eigenvalue weighted by Gasteiger charge is 2.13. The van der Waals surface area contributed by atoms with E-state index in [1.165, 1.54) is 0 Å². The Kier molecular flexibility index (Phi) is 5.90. The number of aromatic amines is 1. The predicted molar refractivity (Wildman–Crippen MR) is 120 cm³/mol. The van der Waals surface area contributed by atoms with Crippen LogP contribution in [0.1, 0.15) is 29.6 Å². The summed E-state index contributed by atoms with van der Waals surface area (Å²) in [6, 6.07) is 15.4. The van der Waals surface area contributed by atoms with E-state index in [4.69, 9.17) is 4.74 Å². The van der Waals surface area contributed by atoms with Crippen LogP contribution in [-0.2, 0) is 18.9 Å². The topological polar surface area (TPSA) is 72.8 Å². The second-order valence-corrected chi connectivity index (χ2v) is 8.08. The average molecular weight is 421 g/mol. The molecule has 1 N–H and O–H groups in total. The number of ether oxygens (including phenoxy) is 1. The van der Waals surface area contributed by atoms with E-state index in [0.717, 1.165) is 51.0 Å². The number of hydrogen-bond donors (Lipinski definition) is 1. The maximum Gasteiger partial charge on any atom is 0.191 e. The van der Waals surface area contributed by atoms with Crippen LogP contribution in [0.5, 0.6) is 5.75 Å². The van der Waals surface area contributed by atoms with Crippen LogP contribution in [-0.4, -0.2) is 19.7 Å². The molecule has 0 aliphatic heterocycles. The standard InChI is InChI=1S/C23H24N4O2S/c1-4-27-20(13-29-18-8-6-5-7-9-18)25-26-23(27)30-14-17-12-19(28)21-15(2)10-11-16(3)22(21)24-17/h5-12H,4,13-14H2,1-3H3,(H,24,28). The van der Waals surface area contributed by atoms with Crippen LogP contribution < -0.4 is 10.2 Å². The lowest BCUT2D eigenvalue weighted by Gasteiger charge is -2.10. The second kappa shape index (κ2) is 8.75. The molecule has 0 atom stereocenters. The molecule has 0 aliphatic rings. The van der Waals surface area contributed by atoms with Crippen LogP contribution in [0, 0.1) is 13.8 Å². The number of fused-ring (bicyclic) bond motifs is 1. The minimum Gasteiger partial charge on any atom is -0.486 e. The number of nitrogens with one attached hydrogen (secondary N) is 1. The van der Waals surface area contributed by atoms with Gasteiger partial charge in [-0.1, -0.05) is 42.1 Å². The van der Waals surface area contributed by atoms with Gasteiger partial charge in [0.2, 0.25) is 0 Å². The smallest absolute Gasteiger partial charge is 0.191 e. The van der Waals surface area contributed by atoms with E-state index >= 15 is 0 Å². The molecule has 0 amide bonds. The van der Waals surface area contributed by atoms with Gasteiger partial charge in [0.05, 0.1) is 5.52 Å². The fourth-order valence-corrected chi connectivity index (χ4v) is 4.38. The van der Waals surface area contributed by atoms with E-state index in [-0.39, 0.29) is 5.43 Å². The van der Waals surface area contributed by atoms with Gasteiger partial charge in [-0.05, 0) is 44.0 Å². The fraction of sp³-hybridized carbons (Fsp3) is 0.261. The Morgan fingerprint density at radius 2 is 1.83 bits per heavy atom. The summed E-state index contributed by atoms with van der Waals surface area (Å²) in [6.07, 6.45) is 0. The van der Waals surface area contributed by atoms with Crippen LogP contribution in [0.2, 0.25) is 0 Å². The van der Waals surface area contributed by atoms with Crippen molar-refractivity contribution < 1.29 is 4.74 Å². The molecule has 2 aromatic carbocycles. The van der Waals surface area contributed by atoms with E-state index in [1.54, 1.807) is 17.8 Å². The van der Waals surface area contributed by atoms with Crippen molar-refractivity contribution >= 4 is 22.7 Å². The van der Waals surface area contributed by atoms with Gasteiger partial charge in [0.15, 0.2) is 16.4 Å². The molecule has 4 rings (SSSR count). The van der Waals surface area contributed by atoms with Crippen LogP contribution in [0.15, 0.2) is 58.5 Å². The SMILES string of the molecule is CCn1c(COc2ccccc2)nnc1SCc1cc(=O)c2c(C)ccc(C)c2[nH]1. The molecule has 0 fully saturated rings. The van der Waals surface area contributed by atoms with Crippen LogP contribution in [0.4, 0.5) is 0 Å². The van der Waals surface area contributed by atoms with Crippen molar-refractivity contribution in [3.05, 3.63) is 81.4 Å². The van der Waals surface area contributed by atoms with E-state index in [0.29, 0.717) is 12.4 Å². The number of pyridine rings is 1. The van der Waals surface area contributed by atoms with Gasteiger partial charge in [-0.2, -0.15) is 0 Å². The zero-order valence-corrected chi connectivity index (χ0v) is 18.1. The maximum absolute atomic E-state index is 12.7. The van der Waals surface area contributed by atoms with Gasteiger partial charge < -0.3 is 14.3 Å². The van der Waals surface area contributed by atoms with E-state index in [9.17, 15) is 4.79 Å². The zero-order chi connectivity index (χ0) is 21.1. The normalized spacial score (nSPS) is 11.2. The van der Waals surface area contributed by atoms with Gasteiger partial charge in [-0.3, -0.25) is 4.79 Å². The summed E-state index contributed by atoms with van der Waals surface area (Å²) < 4.78 is 7.86. The Balaban J connectivity index is 1.52. The van der Waals surface area contributed by atoms with Crippen molar-refractivity contribution in [1.82, 2.24) is 19.7 Å². The summed E-state index contributed by atoms with van der Waals surface area (Å²) in [5.74, 6) is 2.19. The first-order chi connectivity index (χ1) is 14.6. The summed E-state index contributed by atoms with van der Waals surface area (Å²) in [5, 5.41) is 10.2. The third-order valence-corrected chi connectivity index (χ3v) is 6.05. The number of H-pyrrole nitrogens is 1. The fourth-order valence-electron chi connectivity index (χ4n) is 3.45. The summed E-state index contributed by atoms with van der Waals surface area (Å²) in [5.41, 5.74) is 3.89. The molecule has 0 saturated heterocycles. The molecule has 154 valence electrons. The molecule has 6 nitrogen and oxygen atoms in total. The first-order valence-electron chi connectivity index (χ1n) is 9.91. The number of para-hydroxylation sites is 1. The number of rotatable bonds is 7. The highest BCUT2D eigenvalue weighted by Crippen LogP contribution is 2.24. The van der Waals surface area contributed by atoms with Crippen molar-refractivity contribution in [2.45, 2.75) is 44.8 Å². The third kappa shape index (κ3) is 4.11. The van der Waals surface area contributed by atoms with Crippen LogP contribution >= 0.6 is 11.8 Å². The zero-order valence-electron chi connectivity index (χ0n) is 17.3. The molecular formula is C23H24N4O2S. The molecule has 0 saturated carbocycles. The Morgan fingerprint density at radius 3 is 2.60 bits per heavy atom. The summed E-state index contributed by atoms with van der Waals surface area (Å²) in [6.45, 7) is 7.14. The van der Waals surface area contributed by atoms with Gasteiger partial charge in [0, 0.05) is 29.4 Å². The molecule has 0 unspecified atom stereocenters. The van der Waals surface area contributed by atoms with Crippen molar-refractivity contribution in [3.8, 4) is 5.75 Å². The van der Waals surface area contributed by atoms with E-state index in [2.05, 4.69) is 22.1 Å². The van der Waals surface area contributed by atoms with Crippen molar-refractivity contribution in [2.24, 2.45) is 0 Å². The monoisotopic (exact) mass is 420 g/mol. The number of aromatic nitrogens is 4. The minimum absolute atomic E-state index is 0.0504. The van der Waals surface area contributed by atoms with Crippen molar-refractivity contribution in [2.75, 3.05) is 0 Å². The molecule has 4 aromatic rings. The van der Waals surface area contributed by atoms with E-state index in [1.807, 2.05) is 60.9 Å². The summed E-state index contributed by atoms with van der Waals surface area (Å²) in [7, 11) is 0.